The maximum Gasteiger partial charge on any atom is 0.388 e. The Hall–Kier alpha value is -2.92. The number of aromatic nitrogens is 6. The summed E-state index contributed by atoms with van der Waals surface area (Å²) >= 11 is 0. The summed E-state index contributed by atoms with van der Waals surface area (Å²) in [6.45, 7) is -2.97. The summed E-state index contributed by atoms with van der Waals surface area (Å²) in [5.74, 6) is -2.31. The van der Waals surface area contributed by atoms with Gasteiger partial charge in [-0.15, -0.1) is 0 Å². The van der Waals surface area contributed by atoms with Crippen molar-refractivity contribution in [2.24, 2.45) is 0 Å². The van der Waals surface area contributed by atoms with Crippen LogP contribution >= 0.6 is 0 Å². The number of ether oxygens (including phenoxy) is 1. The van der Waals surface area contributed by atoms with E-state index < -0.39 is 12.5 Å². The maximum absolute atomic E-state index is 13.4. The summed E-state index contributed by atoms with van der Waals surface area (Å²) in [5.41, 5.74) is 0.983. The molecule has 8 nitrogen and oxygen atoms in total. The first-order chi connectivity index (χ1) is 12.9. The lowest BCUT2D eigenvalue weighted by Crippen LogP contribution is -2.26. The second-order valence-electron chi connectivity index (χ2n) is 6.26. The number of hydrogen-bond acceptors (Lipinski definition) is 6. The van der Waals surface area contributed by atoms with E-state index in [1.165, 1.54) is 18.5 Å². The third kappa shape index (κ3) is 3.78. The highest BCUT2D eigenvalue weighted by atomic mass is 19.3. The van der Waals surface area contributed by atoms with E-state index in [0.717, 1.165) is 0 Å². The molecule has 0 spiro atoms. The third-order valence-electron chi connectivity index (χ3n) is 4.36. The fourth-order valence-corrected chi connectivity index (χ4v) is 3.07. The van der Waals surface area contributed by atoms with Gasteiger partial charge in [-0.2, -0.15) is 19.0 Å². The molecule has 0 aromatic carbocycles. The number of halogens is 4. The number of nitrogens with zero attached hydrogens (tertiary/aromatic N) is 5. The lowest BCUT2D eigenvalue weighted by molar-refractivity contribution is -0.0529. The van der Waals surface area contributed by atoms with Gasteiger partial charge in [-0.1, -0.05) is 0 Å². The smallest absolute Gasteiger partial charge is 0.388 e. The van der Waals surface area contributed by atoms with Crippen molar-refractivity contribution in [3.8, 4) is 5.88 Å². The zero-order valence-corrected chi connectivity index (χ0v) is 13.9. The zero-order valence-electron chi connectivity index (χ0n) is 13.9. The Balaban J connectivity index is 1.54. The van der Waals surface area contributed by atoms with Gasteiger partial charge in [0.15, 0.2) is 17.3 Å². The number of H-pyrrole nitrogens is 1. The topological polar surface area (TPSA) is 93.5 Å². The minimum absolute atomic E-state index is 0.178. The molecule has 12 heteroatoms. The van der Waals surface area contributed by atoms with Gasteiger partial charge < -0.3 is 10.1 Å². The van der Waals surface area contributed by atoms with E-state index in [1.807, 2.05) is 0 Å². The van der Waals surface area contributed by atoms with Crippen molar-refractivity contribution in [1.82, 2.24) is 29.9 Å². The predicted octanol–water partition coefficient (Wildman–Crippen LogP) is 3.64. The van der Waals surface area contributed by atoms with E-state index in [-0.39, 0.29) is 30.6 Å². The summed E-state index contributed by atoms with van der Waals surface area (Å²) in [7, 11) is 0. The van der Waals surface area contributed by atoms with Crippen molar-refractivity contribution in [1.29, 1.82) is 0 Å². The Morgan fingerprint density at radius 2 is 2.00 bits per heavy atom. The van der Waals surface area contributed by atoms with Crippen molar-refractivity contribution >= 4 is 22.8 Å². The number of hydrogen-bond donors (Lipinski definition) is 2. The van der Waals surface area contributed by atoms with E-state index in [4.69, 9.17) is 0 Å². The van der Waals surface area contributed by atoms with Crippen LogP contribution in [0.2, 0.25) is 0 Å². The van der Waals surface area contributed by atoms with Crippen molar-refractivity contribution < 1.29 is 22.3 Å². The molecule has 0 amide bonds. The minimum atomic E-state index is -2.97. The van der Waals surface area contributed by atoms with Crippen molar-refractivity contribution in [3.63, 3.8) is 0 Å². The van der Waals surface area contributed by atoms with Crippen molar-refractivity contribution in [3.05, 3.63) is 18.5 Å². The van der Waals surface area contributed by atoms with Gasteiger partial charge in [-0.3, -0.25) is 0 Å². The first-order valence-electron chi connectivity index (χ1n) is 8.25. The van der Waals surface area contributed by atoms with Gasteiger partial charge in [0, 0.05) is 18.9 Å². The lowest BCUT2D eigenvalue weighted by Gasteiger charge is -2.28. The SMILES string of the molecule is FC(F)Oc1cc(Nc2cnc3cnn(C4CCC(F)(F)CC4)c3n2)n[nH]1. The van der Waals surface area contributed by atoms with E-state index >= 15 is 0 Å². The van der Waals surface area contributed by atoms with E-state index in [1.54, 1.807) is 4.68 Å². The lowest BCUT2D eigenvalue weighted by atomic mass is 9.92. The first kappa shape index (κ1) is 17.5. The van der Waals surface area contributed by atoms with Crippen LogP contribution in [0.25, 0.3) is 11.2 Å². The van der Waals surface area contributed by atoms with Gasteiger partial charge in [-0.25, -0.2) is 28.5 Å². The van der Waals surface area contributed by atoms with Crippen LogP contribution in [0, 0.1) is 0 Å². The molecule has 144 valence electrons. The van der Waals surface area contributed by atoms with Crippen LogP contribution in [0.1, 0.15) is 31.7 Å². The van der Waals surface area contributed by atoms with Crippen LogP contribution in [0.3, 0.4) is 0 Å². The Bertz CT molecular complexity index is 931. The molecular formula is C15H15F4N7O. The summed E-state index contributed by atoms with van der Waals surface area (Å²) in [6.07, 6.45) is 3.19. The van der Waals surface area contributed by atoms with Crippen molar-refractivity contribution in [2.75, 3.05) is 5.32 Å². The Labute approximate surface area is 149 Å². The molecule has 27 heavy (non-hydrogen) atoms. The molecule has 3 aromatic heterocycles. The molecule has 3 aromatic rings. The van der Waals surface area contributed by atoms with Gasteiger partial charge in [-0.05, 0) is 12.8 Å². The fraction of sp³-hybridized carbons (Fsp3) is 0.467. The average molecular weight is 385 g/mol. The van der Waals surface area contributed by atoms with Gasteiger partial charge in [0.05, 0.1) is 18.4 Å². The van der Waals surface area contributed by atoms with Gasteiger partial charge in [0.25, 0.3) is 0 Å². The second-order valence-corrected chi connectivity index (χ2v) is 6.26. The van der Waals surface area contributed by atoms with Gasteiger partial charge >= 0.3 is 6.61 Å². The number of alkyl halides is 4. The third-order valence-corrected chi connectivity index (χ3v) is 4.36. The number of fused-ring (bicyclic) bond motifs is 1. The molecule has 1 saturated carbocycles. The van der Waals surface area contributed by atoms with Crippen LogP contribution in [-0.4, -0.2) is 42.5 Å². The van der Waals surface area contributed by atoms with Crippen LogP contribution < -0.4 is 10.1 Å². The summed E-state index contributed by atoms with van der Waals surface area (Å²) in [5, 5.41) is 13.2. The number of nitrogens with one attached hydrogen (secondary N) is 2. The molecule has 0 radical (unpaired) electrons. The van der Waals surface area contributed by atoms with E-state index in [0.29, 0.717) is 29.8 Å². The molecule has 1 fully saturated rings. The number of aromatic amines is 1. The van der Waals surface area contributed by atoms with Gasteiger partial charge in [0.1, 0.15) is 5.52 Å². The zero-order chi connectivity index (χ0) is 19.0. The van der Waals surface area contributed by atoms with E-state index in [9.17, 15) is 17.6 Å². The average Bonchev–Trinajstić information content (AvgIpc) is 3.21. The van der Waals surface area contributed by atoms with Crippen LogP contribution in [0.15, 0.2) is 18.5 Å². The molecule has 0 atom stereocenters. The number of anilines is 2. The summed E-state index contributed by atoms with van der Waals surface area (Å²) in [4.78, 5) is 8.64. The highest BCUT2D eigenvalue weighted by Crippen LogP contribution is 2.39. The predicted molar refractivity (Wildman–Crippen MR) is 86.3 cm³/mol. The Morgan fingerprint density at radius 3 is 2.74 bits per heavy atom. The quantitative estimate of drug-likeness (QED) is 0.652. The van der Waals surface area contributed by atoms with Crippen LogP contribution in [0.4, 0.5) is 29.2 Å². The van der Waals surface area contributed by atoms with Crippen LogP contribution in [-0.2, 0) is 0 Å². The fourth-order valence-electron chi connectivity index (χ4n) is 3.07. The molecule has 3 heterocycles. The molecule has 0 saturated heterocycles. The normalized spacial score (nSPS) is 17.5. The van der Waals surface area contributed by atoms with E-state index in [2.05, 4.69) is 35.3 Å². The molecule has 0 unspecified atom stereocenters. The largest absolute Gasteiger partial charge is 0.417 e. The summed E-state index contributed by atoms with van der Waals surface area (Å²) in [6, 6.07) is 1.07. The highest BCUT2D eigenvalue weighted by Gasteiger charge is 2.36. The standard InChI is InChI=1S/C15H15F4N7O/c16-14(17)27-12-5-10(24-25-12)22-11-7-20-9-6-21-26(13(9)23-11)8-1-3-15(18,19)4-2-8/h5-8,14H,1-4H2,(H2,22,23,24,25). The Morgan fingerprint density at radius 1 is 1.22 bits per heavy atom. The minimum Gasteiger partial charge on any atom is -0.417 e. The molecule has 1 aliphatic rings. The molecule has 0 aliphatic heterocycles. The Kier molecular flexibility index (Phi) is 4.32. The van der Waals surface area contributed by atoms with Gasteiger partial charge in [0.2, 0.25) is 11.8 Å². The highest BCUT2D eigenvalue weighted by molar-refractivity contribution is 5.72. The molecular weight excluding hydrogens is 370 g/mol. The second kappa shape index (κ2) is 6.67. The monoisotopic (exact) mass is 385 g/mol. The molecule has 2 N–H and O–H groups in total. The maximum atomic E-state index is 13.4. The molecule has 4 rings (SSSR count). The molecule has 0 bridgehead atoms. The number of rotatable bonds is 5. The summed E-state index contributed by atoms with van der Waals surface area (Å²) < 4.78 is 57.0. The van der Waals surface area contributed by atoms with Crippen LogP contribution in [0.5, 0.6) is 5.88 Å². The van der Waals surface area contributed by atoms with Crippen molar-refractivity contribution in [2.45, 2.75) is 44.3 Å². The molecule has 1 aliphatic carbocycles. The first-order valence-corrected chi connectivity index (χ1v) is 8.25.